The Morgan fingerprint density at radius 2 is 2.11 bits per heavy atom. The number of aliphatic carboxylic acids is 1. The normalized spacial score (nSPS) is 23.6. The number of carboxylic acids is 1. The molecular weight excluding hydrogens is 232 g/mol. The van der Waals surface area contributed by atoms with Crippen molar-refractivity contribution in [2.24, 2.45) is 5.41 Å². The number of carbonyl (C=O) groups excluding carboxylic acids is 1. The Kier molecular flexibility index (Phi) is 4.38. The first-order chi connectivity index (χ1) is 8.26. The number of amides is 2. The van der Waals surface area contributed by atoms with Gasteiger partial charge in [-0.15, -0.1) is 0 Å². The molecule has 0 aromatic carbocycles. The lowest BCUT2D eigenvalue weighted by molar-refractivity contribution is -0.150. The average molecular weight is 254 g/mol. The fraction of sp³-hybridized carbons (Fsp3) is 0.692. The van der Waals surface area contributed by atoms with Crippen LogP contribution in [0.2, 0.25) is 0 Å². The minimum atomic E-state index is -0.831. The Morgan fingerprint density at radius 1 is 1.50 bits per heavy atom. The van der Waals surface area contributed by atoms with E-state index < -0.39 is 11.4 Å². The van der Waals surface area contributed by atoms with Gasteiger partial charge >= 0.3 is 12.0 Å². The molecule has 0 bridgehead atoms. The lowest BCUT2D eigenvalue weighted by Crippen LogP contribution is -2.52. The molecule has 0 aromatic rings. The summed E-state index contributed by atoms with van der Waals surface area (Å²) in [6.07, 6.45) is 1.35. The molecule has 1 atom stereocenters. The van der Waals surface area contributed by atoms with E-state index in [0.29, 0.717) is 19.5 Å². The minimum absolute atomic E-state index is 0.120. The number of likely N-dealkylation sites (N-methyl/N-ethyl adjacent to an activating group) is 1. The van der Waals surface area contributed by atoms with Gasteiger partial charge in [-0.2, -0.15) is 0 Å². The first-order valence-corrected chi connectivity index (χ1v) is 6.14. The van der Waals surface area contributed by atoms with E-state index in [0.717, 1.165) is 12.0 Å². The van der Waals surface area contributed by atoms with Crippen LogP contribution in [0.4, 0.5) is 4.79 Å². The van der Waals surface area contributed by atoms with Crippen LogP contribution in [0.5, 0.6) is 0 Å². The van der Waals surface area contributed by atoms with Crippen molar-refractivity contribution in [3.8, 4) is 0 Å². The summed E-state index contributed by atoms with van der Waals surface area (Å²) in [6, 6.07) is -0.120. The van der Waals surface area contributed by atoms with Gasteiger partial charge in [0.05, 0.1) is 5.41 Å². The predicted octanol–water partition coefficient (Wildman–Crippen LogP) is 1.80. The van der Waals surface area contributed by atoms with Crippen LogP contribution < -0.4 is 0 Å². The zero-order chi connectivity index (χ0) is 13.9. The summed E-state index contributed by atoms with van der Waals surface area (Å²) in [7, 11) is 1.71. The number of hydrogen-bond acceptors (Lipinski definition) is 2. The SMILES string of the molecule is C=C(C)CN(C)C(=O)N1CCCC(C)(C(=O)O)C1. The molecule has 0 aromatic heterocycles. The summed E-state index contributed by atoms with van der Waals surface area (Å²) >= 11 is 0. The fourth-order valence-electron chi connectivity index (χ4n) is 2.29. The maximum atomic E-state index is 12.2. The van der Waals surface area contributed by atoms with Gasteiger partial charge in [-0.25, -0.2) is 4.79 Å². The van der Waals surface area contributed by atoms with Gasteiger partial charge in [-0.05, 0) is 26.7 Å². The van der Waals surface area contributed by atoms with Gasteiger partial charge < -0.3 is 14.9 Å². The molecule has 5 heteroatoms. The smallest absolute Gasteiger partial charge is 0.320 e. The van der Waals surface area contributed by atoms with Crippen molar-refractivity contribution < 1.29 is 14.7 Å². The lowest BCUT2D eigenvalue weighted by Gasteiger charge is -2.39. The third-order valence-corrected chi connectivity index (χ3v) is 3.32. The molecule has 1 aliphatic heterocycles. The summed E-state index contributed by atoms with van der Waals surface area (Å²) in [5.41, 5.74) is 0.0849. The number of hydrogen-bond donors (Lipinski definition) is 1. The van der Waals surface area contributed by atoms with E-state index in [4.69, 9.17) is 0 Å². The van der Waals surface area contributed by atoms with E-state index in [9.17, 15) is 14.7 Å². The first-order valence-electron chi connectivity index (χ1n) is 6.14. The maximum absolute atomic E-state index is 12.2. The summed E-state index contributed by atoms with van der Waals surface area (Å²) in [4.78, 5) is 26.6. The molecule has 18 heavy (non-hydrogen) atoms. The summed E-state index contributed by atoms with van der Waals surface area (Å²) in [5.74, 6) is -0.831. The molecule has 0 radical (unpaired) electrons. The van der Waals surface area contributed by atoms with Crippen LogP contribution in [0.15, 0.2) is 12.2 Å². The van der Waals surface area contributed by atoms with Gasteiger partial charge in [0.2, 0.25) is 0 Å². The molecule has 1 unspecified atom stereocenters. The number of rotatable bonds is 3. The van der Waals surface area contributed by atoms with E-state index in [2.05, 4.69) is 6.58 Å². The van der Waals surface area contributed by atoms with E-state index >= 15 is 0 Å². The third kappa shape index (κ3) is 3.24. The van der Waals surface area contributed by atoms with E-state index in [1.807, 2.05) is 6.92 Å². The zero-order valence-electron chi connectivity index (χ0n) is 11.4. The quantitative estimate of drug-likeness (QED) is 0.781. The third-order valence-electron chi connectivity index (χ3n) is 3.32. The van der Waals surface area contributed by atoms with Crippen molar-refractivity contribution in [3.63, 3.8) is 0 Å². The average Bonchev–Trinajstić information content (AvgIpc) is 2.27. The standard InChI is InChI=1S/C13H22N2O3/c1-10(2)8-14(4)12(18)15-7-5-6-13(3,9-15)11(16)17/h1,5-9H2,2-4H3,(H,16,17). The van der Waals surface area contributed by atoms with Crippen LogP contribution in [-0.2, 0) is 4.79 Å². The van der Waals surface area contributed by atoms with Crippen molar-refractivity contribution >= 4 is 12.0 Å². The molecule has 1 heterocycles. The van der Waals surface area contributed by atoms with Gasteiger partial charge in [0.25, 0.3) is 0 Å². The Bertz CT molecular complexity index is 367. The molecule has 1 saturated heterocycles. The zero-order valence-corrected chi connectivity index (χ0v) is 11.4. The van der Waals surface area contributed by atoms with Crippen molar-refractivity contribution in [2.45, 2.75) is 26.7 Å². The molecule has 1 aliphatic rings. The molecule has 1 fully saturated rings. The number of carboxylic acid groups (broad SMARTS) is 1. The van der Waals surface area contributed by atoms with E-state index in [-0.39, 0.29) is 12.6 Å². The number of urea groups is 1. The van der Waals surface area contributed by atoms with Crippen LogP contribution in [0, 0.1) is 5.41 Å². The summed E-state index contributed by atoms with van der Waals surface area (Å²) in [6.45, 7) is 8.74. The van der Waals surface area contributed by atoms with Crippen molar-refractivity contribution in [2.75, 3.05) is 26.7 Å². The maximum Gasteiger partial charge on any atom is 0.320 e. The Morgan fingerprint density at radius 3 is 2.61 bits per heavy atom. The topological polar surface area (TPSA) is 60.9 Å². The van der Waals surface area contributed by atoms with Crippen LogP contribution >= 0.6 is 0 Å². The molecular formula is C13H22N2O3. The van der Waals surface area contributed by atoms with Crippen LogP contribution in [0.25, 0.3) is 0 Å². The van der Waals surface area contributed by atoms with E-state index in [1.165, 1.54) is 0 Å². The Hall–Kier alpha value is -1.52. The van der Waals surface area contributed by atoms with E-state index in [1.54, 1.807) is 23.8 Å². The van der Waals surface area contributed by atoms with Crippen molar-refractivity contribution in [3.05, 3.63) is 12.2 Å². The second kappa shape index (κ2) is 5.42. The Labute approximate surface area is 108 Å². The predicted molar refractivity (Wildman–Crippen MR) is 69.4 cm³/mol. The second-order valence-electron chi connectivity index (χ2n) is 5.49. The summed E-state index contributed by atoms with van der Waals surface area (Å²) in [5, 5.41) is 9.22. The monoisotopic (exact) mass is 254 g/mol. The van der Waals surface area contributed by atoms with Crippen LogP contribution in [0.1, 0.15) is 26.7 Å². The molecule has 1 N–H and O–H groups in total. The van der Waals surface area contributed by atoms with Crippen molar-refractivity contribution in [1.29, 1.82) is 0 Å². The van der Waals surface area contributed by atoms with Gasteiger partial charge in [0.15, 0.2) is 0 Å². The van der Waals surface area contributed by atoms with Gasteiger partial charge in [-0.1, -0.05) is 12.2 Å². The molecule has 1 rings (SSSR count). The lowest BCUT2D eigenvalue weighted by atomic mass is 9.82. The highest BCUT2D eigenvalue weighted by Gasteiger charge is 2.39. The molecule has 2 amide bonds. The molecule has 0 spiro atoms. The largest absolute Gasteiger partial charge is 0.481 e. The number of piperidine rings is 1. The molecule has 5 nitrogen and oxygen atoms in total. The highest BCUT2D eigenvalue weighted by atomic mass is 16.4. The molecule has 0 saturated carbocycles. The number of likely N-dealkylation sites (tertiary alicyclic amines) is 1. The Balaban J connectivity index is 2.69. The van der Waals surface area contributed by atoms with Crippen molar-refractivity contribution in [1.82, 2.24) is 9.80 Å². The number of nitrogens with zero attached hydrogens (tertiary/aromatic N) is 2. The first kappa shape index (κ1) is 14.5. The minimum Gasteiger partial charge on any atom is -0.481 e. The second-order valence-corrected chi connectivity index (χ2v) is 5.49. The van der Waals surface area contributed by atoms with Gasteiger partial charge in [0, 0.05) is 26.7 Å². The summed E-state index contributed by atoms with van der Waals surface area (Å²) < 4.78 is 0. The number of carbonyl (C=O) groups is 2. The van der Waals surface area contributed by atoms with Gasteiger partial charge in [0.1, 0.15) is 0 Å². The van der Waals surface area contributed by atoms with Gasteiger partial charge in [-0.3, -0.25) is 4.79 Å². The molecule has 102 valence electrons. The fourth-order valence-corrected chi connectivity index (χ4v) is 2.29. The highest BCUT2D eigenvalue weighted by molar-refractivity contribution is 5.78. The molecule has 0 aliphatic carbocycles. The van der Waals surface area contributed by atoms with Crippen LogP contribution in [-0.4, -0.2) is 53.6 Å². The highest BCUT2D eigenvalue weighted by Crippen LogP contribution is 2.30. The van der Waals surface area contributed by atoms with Crippen LogP contribution in [0.3, 0.4) is 0 Å².